The van der Waals surface area contributed by atoms with Crippen LogP contribution in [0, 0.1) is 0 Å². The van der Waals surface area contributed by atoms with Gasteiger partial charge in [-0.25, -0.2) is 0 Å². The average molecular weight is 262 g/mol. The van der Waals surface area contributed by atoms with Crippen LogP contribution in [0.2, 0.25) is 0 Å². The average Bonchev–Trinajstić information content (AvgIpc) is 2.46. The summed E-state index contributed by atoms with van der Waals surface area (Å²) in [6, 6.07) is 4.00. The van der Waals surface area contributed by atoms with Crippen molar-refractivity contribution in [1.29, 1.82) is 0 Å². The summed E-state index contributed by atoms with van der Waals surface area (Å²) in [6.45, 7) is 1.61. The minimum absolute atomic E-state index is 0.0504. The van der Waals surface area contributed by atoms with E-state index in [1.54, 1.807) is 18.3 Å². The molecule has 4 heteroatoms. The zero-order valence-corrected chi connectivity index (χ0v) is 10.0. The van der Waals surface area contributed by atoms with Crippen molar-refractivity contribution < 1.29 is 4.79 Å². The van der Waals surface area contributed by atoms with E-state index in [9.17, 15) is 4.79 Å². The summed E-state index contributed by atoms with van der Waals surface area (Å²) >= 11 is 5.07. The molecule has 2 nitrogen and oxygen atoms in total. The zero-order valence-electron chi connectivity index (χ0n) is 7.63. The largest absolute Gasteiger partial charge is 0.310 e. The Bertz CT molecular complexity index is 298. The number of ketones is 1. The van der Waals surface area contributed by atoms with Crippen LogP contribution in [0.1, 0.15) is 11.8 Å². The molecule has 1 atom stereocenters. The Labute approximate surface area is 90.5 Å². The third-order valence-corrected chi connectivity index (χ3v) is 3.52. The number of hydrogen-bond donors (Lipinski definition) is 1. The highest BCUT2D eigenvalue weighted by Gasteiger charge is 2.12. The third-order valence-electron chi connectivity index (χ3n) is 1.87. The first kappa shape index (κ1) is 10.9. The standard InChI is InChI=1S/C9H12BrNOS/c1-6(12)8(11-2)5-7-3-4-9(10)13-7/h3-4,8,11H,5H2,1-2H3/t8-/m0/s1. The molecule has 1 heterocycles. The summed E-state index contributed by atoms with van der Waals surface area (Å²) in [5.74, 6) is 0.187. The predicted molar refractivity (Wildman–Crippen MR) is 59.3 cm³/mol. The first-order valence-corrected chi connectivity index (χ1v) is 5.66. The number of carbonyl (C=O) groups is 1. The lowest BCUT2D eigenvalue weighted by molar-refractivity contribution is -0.118. The van der Waals surface area contributed by atoms with Crippen LogP contribution >= 0.6 is 27.3 Å². The zero-order chi connectivity index (χ0) is 9.84. The van der Waals surface area contributed by atoms with E-state index in [2.05, 4.69) is 21.2 Å². The smallest absolute Gasteiger partial charge is 0.147 e. The lowest BCUT2D eigenvalue weighted by Crippen LogP contribution is -2.33. The number of carbonyl (C=O) groups excluding carboxylic acids is 1. The normalized spacial score (nSPS) is 12.8. The maximum Gasteiger partial charge on any atom is 0.147 e. The van der Waals surface area contributed by atoms with Gasteiger partial charge in [0.15, 0.2) is 0 Å². The number of rotatable bonds is 4. The van der Waals surface area contributed by atoms with Gasteiger partial charge in [0.2, 0.25) is 0 Å². The maximum atomic E-state index is 11.1. The molecule has 0 bridgehead atoms. The molecule has 1 aromatic heterocycles. The maximum absolute atomic E-state index is 11.1. The Morgan fingerprint density at radius 1 is 1.69 bits per heavy atom. The molecule has 0 aliphatic heterocycles. The van der Waals surface area contributed by atoms with E-state index >= 15 is 0 Å². The van der Waals surface area contributed by atoms with E-state index in [1.165, 1.54) is 4.88 Å². The number of hydrogen-bond acceptors (Lipinski definition) is 3. The summed E-state index contributed by atoms with van der Waals surface area (Å²) < 4.78 is 1.11. The van der Waals surface area contributed by atoms with Crippen LogP contribution in [0.15, 0.2) is 15.9 Å². The van der Waals surface area contributed by atoms with Crippen LogP contribution in [0.3, 0.4) is 0 Å². The van der Waals surface area contributed by atoms with Crippen molar-refractivity contribution in [3.8, 4) is 0 Å². The molecule has 1 rings (SSSR count). The predicted octanol–water partition coefficient (Wildman–Crippen LogP) is 2.23. The molecule has 0 saturated heterocycles. The second kappa shape index (κ2) is 4.88. The summed E-state index contributed by atoms with van der Waals surface area (Å²) in [5.41, 5.74) is 0. The third kappa shape index (κ3) is 3.21. The highest BCUT2D eigenvalue weighted by molar-refractivity contribution is 9.11. The van der Waals surface area contributed by atoms with Gasteiger partial charge in [0.05, 0.1) is 9.83 Å². The van der Waals surface area contributed by atoms with E-state index in [0.29, 0.717) is 0 Å². The van der Waals surface area contributed by atoms with Crippen molar-refractivity contribution in [3.63, 3.8) is 0 Å². The van der Waals surface area contributed by atoms with Gasteiger partial charge in [-0.2, -0.15) is 0 Å². The minimum atomic E-state index is -0.0504. The van der Waals surface area contributed by atoms with Crippen LogP contribution in [0.4, 0.5) is 0 Å². The summed E-state index contributed by atoms with van der Waals surface area (Å²) in [5, 5.41) is 3.00. The van der Waals surface area contributed by atoms with Crippen molar-refractivity contribution in [3.05, 3.63) is 20.8 Å². The van der Waals surface area contributed by atoms with Crippen molar-refractivity contribution in [2.45, 2.75) is 19.4 Å². The molecule has 0 unspecified atom stereocenters. The lowest BCUT2D eigenvalue weighted by atomic mass is 10.1. The van der Waals surface area contributed by atoms with Gasteiger partial charge in [-0.15, -0.1) is 11.3 Å². The van der Waals surface area contributed by atoms with E-state index in [1.807, 2.05) is 19.2 Å². The SMILES string of the molecule is CN[C@@H](Cc1ccc(Br)s1)C(C)=O. The second-order valence-corrected chi connectivity index (χ2v) is 5.41. The summed E-state index contributed by atoms with van der Waals surface area (Å²) in [6.07, 6.45) is 0.780. The van der Waals surface area contributed by atoms with E-state index in [4.69, 9.17) is 0 Å². The van der Waals surface area contributed by atoms with Gasteiger partial charge in [-0.1, -0.05) is 0 Å². The molecule has 0 amide bonds. The Morgan fingerprint density at radius 3 is 2.77 bits per heavy atom. The Morgan fingerprint density at radius 2 is 2.38 bits per heavy atom. The molecule has 1 aromatic rings. The van der Waals surface area contributed by atoms with E-state index < -0.39 is 0 Å². The number of thiophene rings is 1. The highest BCUT2D eigenvalue weighted by Crippen LogP contribution is 2.23. The Kier molecular flexibility index (Phi) is 4.09. The fourth-order valence-electron chi connectivity index (χ4n) is 1.11. The monoisotopic (exact) mass is 261 g/mol. The molecule has 0 aliphatic rings. The first-order valence-electron chi connectivity index (χ1n) is 4.05. The van der Waals surface area contributed by atoms with E-state index in [0.717, 1.165) is 10.2 Å². The summed E-state index contributed by atoms with van der Waals surface area (Å²) in [7, 11) is 1.81. The number of Topliss-reactive ketones (excluding diaryl/α,β-unsaturated/α-hetero) is 1. The molecule has 0 saturated carbocycles. The van der Waals surface area contributed by atoms with Crippen molar-refractivity contribution >= 4 is 33.0 Å². The van der Waals surface area contributed by atoms with Gasteiger partial charge in [0.25, 0.3) is 0 Å². The molecule has 0 aromatic carbocycles. The van der Waals surface area contributed by atoms with E-state index in [-0.39, 0.29) is 11.8 Å². The molecular formula is C9H12BrNOS. The van der Waals surface area contributed by atoms with Crippen LogP contribution in [-0.2, 0) is 11.2 Å². The van der Waals surface area contributed by atoms with Gasteiger partial charge < -0.3 is 5.32 Å². The number of nitrogens with one attached hydrogen (secondary N) is 1. The minimum Gasteiger partial charge on any atom is -0.310 e. The van der Waals surface area contributed by atoms with Gasteiger partial charge >= 0.3 is 0 Å². The Hall–Kier alpha value is -0.190. The molecule has 0 radical (unpaired) electrons. The number of halogens is 1. The fourth-order valence-corrected chi connectivity index (χ4v) is 2.64. The van der Waals surface area contributed by atoms with Crippen LogP contribution in [0.5, 0.6) is 0 Å². The van der Waals surface area contributed by atoms with Crippen molar-refractivity contribution in [2.24, 2.45) is 0 Å². The van der Waals surface area contributed by atoms with Crippen LogP contribution in [-0.4, -0.2) is 18.9 Å². The van der Waals surface area contributed by atoms with Crippen LogP contribution < -0.4 is 5.32 Å². The van der Waals surface area contributed by atoms with Crippen molar-refractivity contribution in [1.82, 2.24) is 5.32 Å². The Balaban J connectivity index is 2.61. The highest BCUT2D eigenvalue weighted by atomic mass is 79.9. The molecule has 1 N–H and O–H groups in total. The molecule has 13 heavy (non-hydrogen) atoms. The number of likely N-dealkylation sites (N-methyl/N-ethyl adjacent to an activating group) is 1. The fraction of sp³-hybridized carbons (Fsp3) is 0.444. The second-order valence-electron chi connectivity index (χ2n) is 2.86. The first-order chi connectivity index (χ1) is 6.13. The summed E-state index contributed by atoms with van der Waals surface area (Å²) in [4.78, 5) is 12.3. The molecule has 0 spiro atoms. The van der Waals surface area contributed by atoms with Crippen molar-refractivity contribution in [2.75, 3.05) is 7.05 Å². The lowest BCUT2D eigenvalue weighted by Gasteiger charge is -2.10. The van der Waals surface area contributed by atoms with Gasteiger partial charge in [0, 0.05) is 11.3 Å². The van der Waals surface area contributed by atoms with Crippen LogP contribution in [0.25, 0.3) is 0 Å². The molecule has 0 aliphatic carbocycles. The quantitative estimate of drug-likeness (QED) is 0.901. The molecular weight excluding hydrogens is 250 g/mol. The molecule has 0 fully saturated rings. The van der Waals surface area contributed by atoms with Gasteiger partial charge in [0.1, 0.15) is 5.78 Å². The topological polar surface area (TPSA) is 29.1 Å². The molecule has 72 valence electrons. The van der Waals surface area contributed by atoms with Gasteiger partial charge in [-0.3, -0.25) is 4.79 Å². The van der Waals surface area contributed by atoms with Gasteiger partial charge in [-0.05, 0) is 42.0 Å².